The number of aliphatic hydroxyl groups excluding tert-OH is 1. The Hall–Kier alpha value is -2.14. The van der Waals surface area contributed by atoms with Gasteiger partial charge in [0.2, 0.25) is 0 Å². The predicted molar refractivity (Wildman–Crippen MR) is 73.8 cm³/mol. The second kappa shape index (κ2) is 4.45. The van der Waals surface area contributed by atoms with E-state index >= 15 is 0 Å². The van der Waals surface area contributed by atoms with Crippen LogP contribution in [-0.4, -0.2) is 26.4 Å². The molecule has 0 amide bonds. The highest BCUT2D eigenvalue weighted by molar-refractivity contribution is 5.38. The zero-order valence-corrected chi connectivity index (χ0v) is 11.4. The fourth-order valence-electron chi connectivity index (χ4n) is 2.59. The van der Waals surface area contributed by atoms with Gasteiger partial charge in [0, 0.05) is 24.0 Å². The standard InChI is InChI=1S/C15H16N2O3/c1-15(2)14(19)13(17-8-4-3-5-12(17)18)10-6-7-16-9-11(10)20-15/h3-9,13-14,19H,1-2H3/t13-,14+/m0/s1. The summed E-state index contributed by atoms with van der Waals surface area (Å²) in [6.07, 6.45) is 4.09. The zero-order valence-electron chi connectivity index (χ0n) is 11.4. The second-order valence-corrected chi connectivity index (χ2v) is 5.45. The molecule has 0 saturated heterocycles. The van der Waals surface area contributed by atoms with Crippen molar-refractivity contribution in [3.8, 4) is 5.75 Å². The van der Waals surface area contributed by atoms with E-state index in [0.717, 1.165) is 5.56 Å². The largest absolute Gasteiger partial charge is 0.483 e. The van der Waals surface area contributed by atoms with E-state index in [1.165, 1.54) is 10.6 Å². The number of hydrogen-bond donors (Lipinski definition) is 1. The summed E-state index contributed by atoms with van der Waals surface area (Å²) < 4.78 is 7.33. The van der Waals surface area contributed by atoms with Gasteiger partial charge < -0.3 is 14.4 Å². The van der Waals surface area contributed by atoms with Crippen molar-refractivity contribution in [2.45, 2.75) is 31.6 Å². The number of hydrogen-bond acceptors (Lipinski definition) is 4. The van der Waals surface area contributed by atoms with Crippen LogP contribution in [0.15, 0.2) is 47.7 Å². The molecule has 5 nitrogen and oxygen atoms in total. The lowest BCUT2D eigenvalue weighted by Gasteiger charge is -2.42. The van der Waals surface area contributed by atoms with Crippen molar-refractivity contribution < 1.29 is 9.84 Å². The van der Waals surface area contributed by atoms with E-state index in [1.54, 1.807) is 50.6 Å². The Kier molecular flexibility index (Phi) is 2.87. The first-order chi connectivity index (χ1) is 9.50. The van der Waals surface area contributed by atoms with Crippen LogP contribution in [0.2, 0.25) is 0 Å². The SMILES string of the molecule is CC1(C)Oc2cnccc2[C@H](n2ccccc2=O)[C@H]1O. The summed E-state index contributed by atoms with van der Waals surface area (Å²) in [4.78, 5) is 16.1. The minimum atomic E-state index is -0.836. The average molecular weight is 272 g/mol. The number of rotatable bonds is 1. The van der Waals surface area contributed by atoms with Crippen LogP contribution in [0.5, 0.6) is 5.75 Å². The molecule has 3 rings (SSSR count). The molecule has 1 aliphatic heterocycles. The summed E-state index contributed by atoms with van der Waals surface area (Å²) in [5, 5.41) is 10.6. The van der Waals surface area contributed by atoms with E-state index in [-0.39, 0.29) is 5.56 Å². The highest BCUT2D eigenvalue weighted by Crippen LogP contribution is 2.40. The first-order valence-electron chi connectivity index (χ1n) is 6.49. The van der Waals surface area contributed by atoms with Crippen molar-refractivity contribution in [3.63, 3.8) is 0 Å². The molecule has 1 N–H and O–H groups in total. The van der Waals surface area contributed by atoms with Crippen LogP contribution in [0.3, 0.4) is 0 Å². The van der Waals surface area contributed by atoms with Gasteiger partial charge in [0.1, 0.15) is 17.5 Å². The molecule has 2 aromatic rings. The van der Waals surface area contributed by atoms with Crippen LogP contribution < -0.4 is 10.3 Å². The highest BCUT2D eigenvalue weighted by atomic mass is 16.5. The molecule has 3 heterocycles. The molecule has 0 saturated carbocycles. The van der Waals surface area contributed by atoms with Crippen molar-refractivity contribution in [2.24, 2.45) is 0 Å². The Labute approximate surface area is 116 Å². The van der Waals surface area contributed by atoms with E-state index in [9.17, 15) is 9.90 Å². The van der Waals surface area contributed by atoms with E-state index < -0.39 is 17.7 Å². The maximum absolute atomic E-state index is 12.1. The van der Waals surface area contributed by atoms with Crippen LogP contribution >= 0.6 is 0 Å². The van der Waals surface area contributed by atoms with Gasteiger partial charge in [-0.25, -0.2) is 0 Å². The average Bonchev–Trinajstić information content (AvgIpc) is 2.41. The topological polar surface area (TPSA) is 64.4 Å². The Bertz CT molecular complexity index is 693. The van der Waals surface area contributed by atoms with Gasteiger partial charge in [-0.2, -0.15) is 0 Å². The summed E-state index contributed by atoms with van der Waals surface area (Å²) in [5.74, 6) is 0.601. The van der Waals surface area contributed by atoms with Gasteiger partial charge in [-0.05, 0) is 26.0 Å². The van der Waals surface area contributed by atoms with Gasteiger partial charge in [0.05, 0.1) is 12.2 Å². The molecule has 2 aromatic heterocycles. The molecule has 0 aromatic carbocycles. The smallest absolute Gasteiger partial charge is 0.251 e. The summed E-state index contributed by atoms with van der Waals surface area (Å²) in [7, 11) is 0. The quantitative estimate of drug-likeness (QED) is 0.851. The van der Waals surface area contributed by atoms with Crippen LogP contribution in [0.25, 0.3) is 0 Å². The Morgan fingerprint density at radius 3 is 2.90 bits per heavy atom. The Balaban J connectivity index is 2.23. The maximum atomic E-state index is 12.1. The van der Waals surface area contributed by atoms with Crippen molar-refractivity contribution >= 4 is 0 Å². The minimum absolute atomic E-state index is 0.156. The van der Waals surface area contributed by atoms with Crippen LogP contribution in [0.1, 0.15) is 25.5 Å². The van der Waals surface area contributed by atoms with Crippen LogP contribution in [-0.2, 0) is 0 Å². The monoisotopic (exact) mass is 272 g/mol. The lowest BCUT2D eigenvalue weighted by Crippen LogP contribution is -2.52. The fourth-order valence-corrected chi connectivity index (χ4v) is 2.59. The van der Waals surface area contributed by atoms with Crippen molar-refractivity contribution in [1.29, 1.82) is 0 Å². The number of pyridine rings is 2. The second-order valence-electron chi connectivity index (χ2n) is 5.45. The molecule has 0 aliphatic carbocycles. The molecule has 0 unspecified atom stereocenters. The first kappa shape index (κ1) is 12.9. The predicted octanol–water partition coefficient (Wildman–Crippen LogP) is 1.36. The lowest BCUT2D eigenvalue weighted by molar-refractivity contribution is -0.0645. The normalized spacial score (nSPS) is 23.8. The fraction of sp³-hybridized carbons (Fsp3) is 0.333. The van der Waals surface area contributed by atoms with Crippen molar-refractivity contribution in [3.05, 3.63) is 58.8 Å². The summed E-state index contributed by atoms with van der Waals surface area (Å²) in [6, 6.07) is 6.24. The molecule has 0 spiro atoms. The molecule has 5 heteroatoms. The molecule has 20 heavy (non-hydrogen) atoms. The van der Waals surface area contributed by atoms with Gasteiger partial charge in [-0.3, -0.25) is 9.78 Å². The number of aromatic nitrogens is 2. The molecule has 0 radical (unpaired) electrons. The third kappa shape index (κ3) is 1.91. The molecule has 104 valence electrons. The first-order valence-corrected chi connectivity index (χ1v) is 6.49. The van der Waals surface area contributed by atoms with Crippen LogP contribution in [0.4, 0.5) is 0 Å². The van der Waals surface area contributed by atoms with E-state index in [2.05, 4.69) is 4.98 Å². The number of ether oxygens (including phenoxy) is 1. The van der Waals surface area contributed by atoms with E-state index in [1.807, 2.05) is 0 Å². The Morgan fingerprint density at radius 1 is 1.35 bits per heavy atom. The number of aliphatic hydroxyl groups is 1. The third-order valence-electron chi connectivity index (χ3n) is 3.67. The summed E-state index contributed by atoms with van der Waals surface area (Å²) in [6.45, 7) is 3.60. The third-order valence-corrected chi connectivity index (χ3v) is 3.67. The molecule has 0 bridgehead atoms. The molecular formula is C15H16N2O3. The van der Waals surface area contributed by atoms with Gasteiger partial charge in [-0.1, -0.05) is 6.07 Å². The molecular weight excluding hydrogens is 256 g/mol. The molecule has 1 aliphatic rings. The lowest BCUT2D eigenvalue weighted by atomic mass is 9.87. The minimum Gasteiger partial charge on any atom is -0.483 e. The Morgan fingerprint density at radius 2 is 2.15 bits per heavy atom. The van der Waals surface area contributed by atoms with E-state index in [4.69, 9.17) is 4.74 Å². The van der Waals surface area contributed by atoms with Gasteiger partial charge >= 0.3 is 0 Å². The summed E-state index contributed by atoms with van der Waals surface area (Å²) in [5.41, 5.74) is -0.187. The van der Waals surface area contributed by atoms with Gasteiger partial charge in [-0.15, -0.1) is 0 Å². The zero-order chi connectivity index (χ0) is 14.3. The summed E-state index contributed by atoms with van der Waals surface area (Å²) >= 11 is 0. The van der Waals surface area contributed by atoms with Crippen molar-refractivity contribution in [2.75, 3.05) is 0 Å². The molecule has 0 fully saturated rings. The highest BCUT2D eigenvalue weighted by Gasteiger charge is 2.44. The van der Waals surface area contributed by atoms with Gasteiger partial charge in [0.25, 0.3) is 5.56 Å². The van der Waals surface area contributed by atoms with Crippen LogP contribution in [0, 0.1) is 0 Å². The molecule has 2 atom stereocenters. The maximum Gasteiger partial charge on any atom is 0.251 e. The van der Waals surface area contributed by atoms with E-state index in [0.29, 0.717) is 5.75 Å². The number of fused-ring (bicyclic) bond motifs is 1. The number of nitrogens with zero attached hydrogens (tertiary/aromatic N) is 2. The van der Waals surface area contributed by atoms with Gasteiger partial charge in [0.15, 0.2) is 0 Å². The van der Waals surface area contributed by atoms with Crippen molar-refractivity contribution in [1.82, 2.24) is 9.55 Å².